The van der Waals surface area contributed by atoms with E-state index in [4.69, 9.17) is 0 Å². The summed E-state index contributed by atoms with van der Waals surface area (Å²) in [5.74, 6) is -0.155. The first-order valence-electron chi connectivity index (χ1n) is 8.91. The quantitative estimate of drug-likeness (QED) is 0.511. The van der Waals surface area contributed by atoms with E-state index in [1.807, 2.05) is 60.9 Å². The minimum absolute atomic E-state index is 0.0777. The standard InChI is InChI=1S/C22H18Br2N2O2/c1-13(27)25-11-19(23)15-7-3-5-9-17(15)21(25)22-18-10-6-4-8-16(18)20(24)12-26(22)14(2)28/h3-12,21-22H,1-2H3. The van der Waals surface area contributed by atoms with E-state index in [9.17, 15) is 9.59 Å². The van der Waals surface area contributed by atoms with Crippen molar-refractivity contribution >= 4 is 52.6 Å². The van der Waals surface area contributed by atoms with Crippen LogP contribution in [0.3, 0.4) is 0 Å². The predicted octanol–water partition coefficient (Wildman–Crippen LogP) is 5.58. The molecule has 0 saturated carbocycles. The third-order valence-electron chi connectivity index (χ3n) is 5.20. The summed E-state index contributed by atoms with van der Waals surface area (Å²) in [6.45, 7) is 3.10. The molecule has 0 aromatic heterocycles. The van der Waals surface area contributed by atoms with Crippen LogP contribution in [0, 0.1) is 0 Å². The van der Waals surface area contributed by atoms with Gasteiger partial charge in [-0.25, -0.2) is 0 Å². The second-order valence-corrected chi connectivity index (χ2v) is 8.58. The number of halogens is 2. The third-order valence-corrected chi connectivity index (χ3v) is 6.47. The topological polar surface area (TPSA) is 40.6 Å². The van der Waals surface area contributed by atoms with Gasteiger partial charge in [-0.2, -0.15) is 0 Å². The van der Waals surface area contributed by atoms with Gasteiger partial charge in [-0.15, -0.1) is 0 Å². The van der Waals surface area contributed by atoms with Gasteiger partial charge in [0.25, 0.3) is 0 Å². The van der Waals surface area contributed by atoms with Gasteiger partial charge in [-0.1, -0.05) is 48.5 Å². The van der Waals surface area contributed by atoms with E-state index in [1.165, 1.54) is 0 Å². The first kappa shape index (κ1) is 19.2. The van der Waals surface area contributed by atoms with Gasteiger partial charge in [0.05, 0.1) is 12.1 Å². The van der Waals surface area contributed by atoms with Crippen molar-refractivity contribution in [3.8, 4) is 0 Å². The van der Waals surface area contributed by atoms with E-state index in [1.54, 1.807) is 23.6 Å². The van der Waals surface area contributed by atoms with Crippen LogP contribution in [0.5, 0.6) is 0 Å². The van der Waals surface area contributed by atoms with E-state index >= 15 is 0 Å². The Balaban J connectivity index is 1.99. The lowest BCUT2D eigenvalue weighted by Gasteiger charge is -2.44. The summed E-state index contributed by atoms with van der Waals surface area (Å²) in [6.07, 6.45) is 3.65. The van der Waals surface area contributed by atoms with Gasteiger partial charge in [0, 0.05) is 35.2 Å². The molecule has 2 heterocycles. The number of carbonyl (C=O) groups excluding carboxylic acids is 2. The van der Waals surface area contributed by atoms with E-state index in [0.717, 1.165) is 31.2 Å². The summed E-state index contributed by atoms with van der Waals surface area (Å²) in [6, 6.07) is 15.3. The number of benzene rings is 2. The fourth-order valence-electron chi connectivity index (χ4n) is 4.01. The fraction of sp³-hybridized carbons (Fsp3) is 0.182. The molecule has 0 fully saturated rings. The highest BCUT2D eigenvalue weighted by Crippen LogP contribution is 2.50. The lowest BCUT2D eigenvalue weighted by Crippen LogP contribution is -2.43. The molecule has 2 aliphatic rings. The monoisotopic (exact) mass is 500 g/mol. The fourth-order valence-corrected chi connectivity index (χ4v) is 5.17. The molecule has 142 valence electrons. The molecule has 2 unspecified atom stereocenters. The van der Waals surface area contributed by atoms with Crippen molar-refractivity contribution in [2.24, 2.45) is 0 Å². The highest BCUT2D eigenvalue weighted by Gasteiger charge is 2.42. The van der Waals surface area contributed by atoms with Crippen LogP contribution >= 0.6 is 31.9 Å². The molecule has 0 bridgehead atoms. The van der Waals surface area contributed by atoms with Gasteiger partial charge in [-0.3, -0.25) is 9.59 Å². The van der Waals surface area contributed by atoms with Gasteiger partial charge in [-0.05, 0) is 54.1 Å². The minimum Gasteiger partial charge on any atom is -0.308 e. The average molecular weight is 502 g/mol. The minimum atomic E-state index is -0.336. The van der Waals surface area contributed by atoms with E-state index in [0.29, 0.717) is 0 Å². The highest BCUT2D eigenvalue weighted by molar-refractivity contribution is 9.15. The van der Waals surface area contributed by atoms with Crippen molar-refractivity contribution in [3.05, 3.63) is 83.2 Å². The van der Waals surface area contributed by atoms with Crippen LogP contribution in [-0.2, 0) is 9.59 Å². The van der Waals surface area contributed by atoms with Gasteiger partial charge in [0.1, 0.15) is 0 Å². The normalized spacial score (nSPS) is 20.7. The zero-order chi connectivity index (χ0) is 20.0. The smallest absolute Gasteiger partial charge is 0.224 e. The molecule has 4 nitrogen and oxygen atoms in total. The number of fused-ring (bicyclic) bond motifs is 2. The molecular weight excluding hydrogens is 484 g/mol. The maximum atomic E-state index is 12.6. The van der Waals surface area contributed by atoms with Crippen LogP contribution in [-0.4, -0.2) is 21.6 Å². The van der Waals surface area contributed by atoms with Crippen molar-refractivity contribution in [1.29, 1.82) is 0 Å². The first-order chi connectivity index (χ1) is 13.4. The van der Waals surface area contributed by atoms with Gasteiger partial charge >= 0.3 is 0 Å². The Morgan fingerprint density at radius 1 is 0.714 bits per heavy atom. The first-order valence-corrected chi connectivity index (χ1v) is 10.5. The molecule has 6 heteroatoms. The van der Waals surface area contributed by atoms with Gasteiger partial charge in [0.15, 0.2) is 0 Å². The molecule has 0 spiro atoms. The van der Waals surface area contributed by atoms with Gasteiger partial charge < -0.3 is 9.80 Å². The molecule has 2 amide bonds. The molecule has 0 N–H and O–H groups in total. The maximum Gasteiger partial charge on any atom is 0.224 e. The zero-order valence-electron chi connectivity index (χ0n) is 15.4. The molecule has 4 rings (SSSR count). The van der Waals surface area contributed by atoms with Crippen molar-refractivity contribution in [1.82, 2.24) is 9.80 Å². The molecule has 0 radical (unpaired) electrons. The van der Waals surface area contributed by atoms with Crippen LogP contribution in [0.25, 0.3) is 8.96 Å². The second kappa shape index (κ2) is 7.33. The second-order valence-electron chi connectivity index (χ2n) is 6.87. The molecule has 28 heavy (non-hydrogen) atoms. The van der Waals surface area contributed by atoms with Crippen LogP contribution in [0.15, 0.2) is 60.9 Å². The van der Waals surface area contributed by atoms with Crippen LogP contribution < -0.4 is 0 Å². The molecule has 2 aromatic rings. The number of nitrogens with zero attached hydrogens (tertiary/aromatic N) is 2. The van der Waals surface area contributed by atoms with Crippen LogP contribution in [0.1, 0.15) is 48.2 Å². The summed E-state index contributed by atoms with van der Waals surface area (Å²) in [7, 11) is 0. The number of rotatable bonds is 1. The van der Waals surface area contributed by atoms with Crippen LogP contribution in [0.4, 0.5) is 0 Å². The number of hydrogen-bond acceptors (Lipinski definition) is 2. The van der Waals surface area contributed by atoms with Gasteiger partial charge in [0.2, 0.25) is 11.8 Å². The Bertz CT molecular complexity index is 961. The van der Waals surface area contributed by atoms with Crippen molar-refractivity contribution in [3.63, 3.8) is 0 Å². The largest absolute Gasteiger partial charge is 0.308 e. The van der Waals surface area contributed by atoms with E-state index in [2.05, 4.69) is 31.9 Å². The number of carbonyl (C=O) groups is 2. The Kier molecular flexibility index (Phi) is 5.02. The van der Waals surface area contributed by atoms with E-state index < -0.39 is 0 Å². The summed E-state index contributed by atoms with van der Waals surface area (Å²) >= 11 is 7.20. The lowest BCUT2D eigenvalue weighted by molar-refractivity contribution is -0.134. The van der Waals surface area contributed by atoms with Crippen LogP contribution in [0.2, 0.25) is 0 Å². The molecule has 0 saturated heterocycles. The molecule has 2 aliphatic heterocycles. The molecule has 2 atom stereocenters. The van der Waals surface area contributed by atoms with Crippen molar-refractivity contribution < 1.29 is 9.59 Å². The van der Waals surface area contributed by atoms with E-state index in [-0.39, 0.29) is 23.9 Å². The zero-order valence-corrected chi connectivity index (χ0v) is 18.6. The predicted molar refractivity (Wildman–Crippen MR) is 117 cm³/mol. The molecule has 2 aromatic carbocycles. The number of hydrogen-bond donors (Lipinski definition) is 0. The molecular formula is C22H18Br2N2O2. The number of amides is 2. The summed E-state index contributed by atoms with van der Waals surface area (Å²) in [5, 5.41) is 0. The Morgan fingerprint density at radius 3 is 1.43 bits per heavy atom. The van der Waals surface area contributed by atoms with Crippen molar-refractivity contribution in [2.75, 3.05) is 0 Å². The Labute approximate surface area is 180 Å². The summed E-state index contributed by atoms with van der Waals surface area (Å²) in [4.78, 5) is 28.6. The third kappa shape index (κ3) is 3.05. The average Bonchev–Trinajstić information content (AvgIpc) is 2.68. The summed E-state index contributed by atoms with van der Waals surface area (Å²) < 4.78 is 1.70. The molecule has 0 aliphatic carbocycles. The van der Waals surface area contributed by atoms with Crippen molar-refractivity contribution in [2.45, 2.75) is 25.9 Å². The lowest BCUT2D eigenvalue weighted by atomic mass is 9.83. The summed E-state index contributed by atoms with van der Waals surface area (Å²) in [5.41, 5.74) is 4.06. The highest BCUT2D eigenvalue weighted by atomic mass is 79.9. The maximum absolute atomic E-state index is 12.6. The Morgan fingerprint density at radius 2 is 1.07 bits per heavy atom. The SMILES string of the molecule is CC(=O)N1C=C(Br)c2ccccc2C1C1c2ccccc2C(Br)=CN1C(C)=O. The Hall–Kier alpha value is -2.18.